The number of benzene rings is 1. The third-order valence-electron chi connectivity index (χ3n) is 1.67. The van der Waals surface area contributed by atoms with Gasteiger partial charge in [-0.25, -0.2) is 4.79 Å². The van der Waals surface area contributed by atoms with Crippen molar-refractivity contribution >= 4 is 17.3 Å². The Bertz CT molecular complexity index is 340. The van der Waals surface area contributed by atoms with E-state index in [1.54, 1.807) is 0 Å². The lowest BCUT2D eigenvalue weighted by molar-refractivity contribution is 0.0601. The molecule has 6 nitrogen and oxygen atoms in total. The lowest BCUT2D eigenvalue weighted by atomic mass is 10.1. The van der Waals surface area contributed by atoms with Crippen LogP contribution >= 0.6 is 0 Å². The van der Waals surface area contributed by atoms with Gasteiger partial charge in [0, 0.05) is 0 Å². The zero-order valence-corrected chi connectivity index (χ0v) is 7.44. The van der Waals surface area contributed by atoms with E-state index in [-0.39, 0.29) is 11.3 Å². The van der Waals surface area contributed by atoms with Crippen molar-refractivity contribution in [2.45, 2.75) is 0 Å². The molecule has 0 spiro atoms. The first-order valence-electron chi connectivity index (χ1n) is 3.75. The normalized spacial score (nSPS) is 9.36. The Morgan fingerprint density at radius 1 is 1.36 bits per heavy atom. The number of anilines is 2. The molecule has 0 aliphatic carbocycles. The van der Waals surface area contributed by atoms with Gasteiger partial charge >= 0.3 is 5.97 Å². The summed E-state index contributed by atoms with van der Waals surface area (Å²) in [5, 5.41) is 17.3. The smallest absolute Gasteiger partial charge is 0.340 e. The molecular weight excluding hydrogens is 188 g/mol. The number of carbonyl (C=O) groups excluding carboxylic acids is 1. The molecule has 1 aromatic rings. The molecule has 1 rings (SSSR count). The average Bonchev–Trinajstić information content (AvgIpc) is 2.27. The maximum atomic E-state index is 11.1. The van der Waals surface area contributed by atoms with Crippen molar-refractivity contribution < 1.29 is 19.9 Å². The monoisotopic (exact) mass is 198 g/mol. The molecule has 0 aliphatic rings. The maximum absolute atomic E-state index is 11.1. The van der Waals surface area contributed by atoms with Crippen molar-refractivity contribution in [2.24, 2.45) is 0 Å². The van der Waals surface area contributed by atoms with Gasteiger partial charge in [0.2, 0.25) is 0 Å². The van der Waals surface area contributed by atoms with Gasteiger partial charge in [-0.05, 0) is 18.2 Å². The van der Waals surface area contributed by atoms with Crippen LogP contribution in [0.15, 0.2) is 18.2 Å². The lowest BCUT2D eigenvalue weighted by Gasteiger charge is -2.07. The van der Waals surface area contributed by atoms with E-state index in [0.717, 1.165) is 0 Å². The number of methoxy groups -OCH3 is 1. The van der Waals surface area contributed by atoms with E-state index in [2.05, 4.69) is 4.74 Å². The summed E-state index contributed by atoms with van der Waals surface area (Å²) in [6, 6.07) is 4.22. The van der Waals surface area contributed by atoms with Crippen molar-refractivity contribution in [3.05, 3.63) is 23.8 Å². The number of hydrogen-bond acceptors (Lipinski definition) is 6. The number of ether oxygens (including phenoxy) is 1. The summed E-state index contributed by atoms with van der Waals surface area (Å²) in [7, 11) is 1.24. The zero-order valence-electron chi connectivity index (χ0n) is 7.44. The summed E-state index contributed by atoms with van der Waals surface area (Å²) in [4.78, 5) is 11.1. The van der Waals surface area contributed by atoms with Gasteiger partial charge in [0.05, 0.1) is 24.0 Å². The van der Waals surface area contributed by atoms with Gasteiger partial charge in [-0.2, -0.15) is 0 Å². The van der Waals surface area contributed by atoms with Crippen molar-refractivity contribution in [3.8, 4) is 0 Å². The Morgan fingerprint density at radius 3 is 2.57 bits per heavy atom. The van der Waals surface area contributed by atoms with Crippen LogP contribution in [-0.4, -0.2) is 23.5 Å². The van der Waals surface area contributed by atoms with E-state index in [1.807, 2.05) is 11.0 Å². The molecule has 14 heavy (non-hydrogen) atoms. The maximum Gasteiger partial charge on any atom is 0.340 e. The standard InChI is InChI=1S/C8H10N2O4/c1-14-8(11)6-3-2-5(9-12)4-7(6)10-13/h2-4,9-10,12-13H,1H3. The van der Waals surface area contributed by atoms with Crippen LogP contribution < -0.4 is 11.0 Å². The fourth-order valence-electron chi connectivity index (χ4n) is 0.994. The Labute approximate surface area is 80.0 Å². The first-order chi connectivity index (χ1) is 6.72. The largest absolute Gasteiger partial charge is 0.465 e. The number of esters is 1. The first-order valence-corrected chi connectivity index (χ1v) is 3.75. The molecular formula is C8H10N2O4. The molecule has 1 aromatic carbocycles. The third-order valence-corrected chi connectivity index (χ3v) is 1.67. The van der Waals surface area contributed by atoms with Gasteiger partial charge in [-0.15, -0.1) is 0 Å². The highest BCUT2D eigenvalue weighted by Gasteiger charge is 2.11. The second kappa shape index (κ2) is 4.45. The zero-order chi connectivity index (χ0) is 10.6. The molecule has 0 amide bonds. The van der Waals surface area contributed by atoms with E-state index in [0.29, 0.717) is 5.69 Å². The Hall–Kier alpha value is -1.79. The summed E-state index contributed by atoms with van der Waals surface area (Å²) in [5.41, 5.74) is 4.38. The molecule has 0 aromatic heterocycles. The van der Waals surface area contributed by atoms with Crippen LogP contribution in [0.25, 0.3) is 0 Å². The molecule has 0 bridgehead atoms. The SMILES string of the molecule is COC(=O)c1ccc(NO)cc1NO. The molecule has 0 aliphatic heterocycles. The average molecular weight is 198 g/mol. The predicted molar refractivity (Wildman–Crippen MR) is 48.6 cm³/mol. The molecule has 0 radical (unpaired) electrons. The van der Waals surface area contributed by atoms with E-state index >= 15 is 0 Å². The van der Waals surface area contributed by atoms with Gasteiger partial charge in [0.1, 0.15) is 0 Å². The molecule has 0 saturated carbocycles. The van der Waals surface area contributed by atoms with Gasteiger partial charge in [-0.3, -0.25) is 21.4 Å². The van der Waals surface area contributed by atoms with Crippen molar-refractivity contribution in [1.29, 1.82) is 0 Å². The van der Waals surface area contributed by atoms with Crippen LogP contribution in [0.4, 0.5) is 11.4 Å². The van der Waals surface area contributed by atoms with Gasteiger partial charge in [-0.1, -0.05) is 0 Å². The molecule has 0 unspecified atom stereocenters. The highest BCUT2D eigenvalue weighted by Crippen LogP contribution is 2.20. The highest BCUT2D eigenvalue weighted by atomic mass is 16.5. The fraction of sp³-hybridized carbons (Fsp3) is 0.125. The van der Waals surface area contributed by atoms with Crippen LogP contribution in [0, 0.1) is 0 Å². The Balaban J connectivity index is 3.11. The van der Waals surface area contributed by atoms with E-state index in [9.17, 15) is 4.79 Å². The second-order valence-electron chi connectivity index (χ2n) is 2.48. The third kappa shape index (κ3) is 1.93. The van der Waals surface area contributed by atoms with E-state index in [1.165, 1.54) is 25.3 Å². The number of carbonyl (C=O) groups is 1. The van der Waals surface area contributed by atoms with Gasteiger partial charge in [0.15, 0.2) is 0 Å². The van der Waals surface area contributed by atoms with Crippen molar-refractivity contribution in [1.82, 2.24) is 0 Å². The minimum absolute atomic E-state index is 0.149. The molecule has 4 N–H and O–H groups in total. The number of rotatable bonds is 3. The van der Waals surface area contributed by atoms with Crippen molar-refractivity contribution in [2.75, 3.05) is 18.1 Å². The fourth-order valence-corrected chi connectivity index (χ4v) is 0.994. The van der Waals surface area contributed by atoms with E-state index in [4.69, 9.17) is 10.4 Å². The minimum Gasteiger partial charge on any atom is -0.465 e. The Kier molecular flexibility index (Phi) is 3.27. The second-order valence-corrected chi connectivity index (χ2v) is 2.48. The van der Waals surface area contributed by atoms with Crippen LogP contribution in [0.1, 0.15) is 10.4 Å². The number of hydrogen-bond donors (Lipinski definition) is 4. The first kappa shape index (κ1) is 10.3. The molecule has 0 atom stereocenters. The highest BCUT2D eigenvalue weighted by molar-refractivity contribution is 5.96. The van der Waals surface area contributed by atoms with Crippen LogP contribution in [-0.2, 0) is 4.74 Å². The summed E-state index contributed by atoms with van der Waals surface area (Å²) < 4.78 is 4.48. The van der Waals surface area contributed by atoms with Gasteiger partial charge in [0.25, 0.3) is 0 Å². The minimum atomic E-state index is -0.578. The summed E-state index contributed by atoms with van der Waals surface area (Å²) in [5.74, 6) is -0.578. The van der Waals surface area contributed by atoms with Crippen LogP contribution in [0.3, 0.4) is 0 Å². The molecule has 0 fully saturated rings. The topological polar surface area (TPSA) is 90.8 Å². The Morgan fingerprint density at radius 2 is 2.07 bits per heavy atom. The van der Waals surface area contributed by atoms with E-state index < -0.39 is 5.97 Å². The quantitative estimate of drug-likeness (QED) is 0.429. The number of nitrogens with one attached hydrogen (secondary N) is 2. The predicted octanol–water partition coefficient (Wildman–Crippen LogP) is 1.08. The molecule has 6 heteroatoms. The molecule has 76 valence electrons. The molecule has 0 saturated heterocycles. The summed E-state index contributed by atoms with van der Waals surface area (Å²) >= 11 is 0. The van der Waals surface area contributed by atoms with Crippen LogP contribution in [0.2, 0.25) is 0 Å². The van der Waals surface area contributed by atoms with Crippen molar-refractivity contribution in [3.63, 3.8) is 0 Å². The summed E-state index contributed by atoms with van der Waals surface area (Å²) in [6.07, 6.45) is 0. The summed E-state index contributed by atoms with van der Waals surface area (Å²) in [6.45, 7) is 0. The lowest BCUT2D eigenvalue weighted by Crippen LogP contribution is -2.06. The van der Waals surface area contributed by atoms with Crippen LogP contribution in [0.5, 0.6) is 0 Å². The van der Waals surface area contributed by atoms with Gasteiger partial charge < -0.3 is 4.74 Å². The molecule has 0 heterocycles.